The Morgan fingerprint density at radius 2 is 1.76 bits per heavy atom. The van der Waals surface area contributed by atoms with E-state index in [1.54, 1.807) is 36.4 Å². The Morgan fingerprint density at radius 3 is 2.40 bits per heavy atom. The molecular formula is C19H15N5O. The van der Waals surface area contributed by atoms with Crippen LogP contribution in [0, 0.1) is 18.3 Å². The van der Waals surface area contributed by atoms with E-state index in [1.165, 1.54) is 0 Å². The van der Waals surface area contributed by atoms with Crippen molar-refractivity contribution in [3.05, 3.63) is 77.5 Å². The third-order valence-corrected chi connectivity index (χ3v) is 3.58. The van der Waals surface area contributed by atoms with Crippen LogP contribution in [0.15, 0.2) is 60.7 Å². The molecule has 0 spiro atoms. The van der Waals surface area contributed by atoms with Crippen molar-refractivity contribution >= 4 is 23.1 Å². The summed E-state index contributed by atoms with van der Waals surface area (Å²) in [5.74, 6) is 0.198. The van der Waals surface area contributed by atoms with E-state index in [1.807, 2.05) is 31.2 Å². The minimum atomic E-state index is -0.313. The Kier molecular flexibility index (Phi) is 4.67. The van der Waals surface area contributed by atoms with E-state index in [0.717, 1.165) is 16.9 Å². The molecule has 2 N–H and O–H groups in total. The molecule has 0 aliphatic heterocycles. The summed E-state index contributed by atoms with van der Waals surface area (Å²) >= 11 is 0. The molecule has 3 aromatic rings. The normalized spacial score (nSPS) is 9.92. The Morgan fingerprint density at radius 1 is 1.00 bits per heavy atom. The van der Waals surface area contributed by atoms with Gasteiger partial charge in [-0.1, -0.05) is 18.2 Å². The Balaban J connectivity index is 1.68. The van der Waals surface area contributed by atoms with Gasteiger partial charge in [0.1, 0.15) is 0 Å². The molecule has 0 unspecified atom stereocenters. The maximum absolute atomic E-state index is 12.2. The molecule has 3 rings (SSSR count). The van der Waals surface area contributed by atoms with E-state index in [4.69, 9.17) is 5.26 Å². The van der Waals surface area contributed by atoms with Gasteiger partial charge in [-0.25, -0.2) is 0 Å². The molecule has 0 saturated heterocycles. The third-order valence-electron chi connectivity index (χ3n) is 3.58. The molecule has 1 amide bonds. The van der Waals surface area contributed by atoms with Gasteiger partial charge in [-0.2, -0.15) is 5.26 Å². The Hall–Kier alpha value is -3.72. The monoisotopic (exact) mass is 329 g/mol. The van der Waals surface area contributed by atoms with Crippen molar-refractivity contribution in [3.63, 3.8) is 0 Å². The lowest BCUT2D eigenvalue weighted by Crippen LogP contribution is -2.15. The lowest BCUT2D eigenvalue weighted by atomic mass is 10.2. The average molecular weight is 329 g/mol. The van der Waals surface area contributed by atoms with Crippen LogP contribution in [0.5, 0.6) is 0 Å². The molecule has 0 fully saturated rings. The van der Waals surface area contributed by atoms with Gasteiger partial charge in [-0.15, -0.1) is 10.2 Å². The summed E-state index contributed by atoms with van der Waals surface area (Å²) in [7, 11) is 0. The van der Waals surface area contributed by atoms with Crippen LogP contribution in [-0.2, 0) is 0 Å². The minimum Gasteiger partial charge on any atom is -0.339 e. The summed E-state index contributed by atoms with van der Waals surface area (Å²) in [6.45, 7) is 1.92. The second-order valence-corrected chi connectivity index (χ2v) is 5.39. The fraction of sp³-hybridized carbons (Fsp3) is 0.0526. The number of aryl methyl sites for hydroxylation is 1. The SMILES string of the molecule is Cc1ccccc1NC(=O)c1ccc(Nc2ccc(C#N)cc2)nn1. The number of amides is 1. The van der Waals surface area contributed by atoms with Crippen LogP contribution in [0.4, 0.5) is 17.2 Å². The molecule has 6 heteroatoms. The van der Waals surface area contributed by atoms with Gasteiger partial charge in [0.05, 0.1) is 11.6 Å². The highest BCUT2D eigenvalue weighted by molar-refractivity contribution is 6.03. The summed E-state index contributed by atoms with van der Waals surface area (Å²) in [4.78, 5) is 12.2. The van der Waals surface area contributed by atoms with Crippen molar-refractivity contribution in [2.75, 3.05) is 10.6 Å². The molecule has 122 valence electrons. The fourth-order valence-corrected chi connectivity index (χ4v) is 2.20. The number of nitriles is 1. The second kappa shape index (κ2) is 7.23. The average Bonchev–Trinajstić information content (AvgIpc) is 2.65. The molecule has 0 aliphatic carbocycles. The van der Waals surface area contributed by atoms with Crippen molar-refractivity contribution in [2.45, 2.75) is 6.92 Å². The van der Waals surface area contributed by atoms with Crippen LogP contribution >= 0.6 is 0 Å². The van der Waals surface area contributed by atoms with E-state index in [-0.39, 0.29) is 11.6 Å². The zero-order valence-electron chi connectivity index (χ0n) is 13.5. The quantitative estimate of drug-likeness (QED) is 0.762. The highest BCUT2D eigenvalue weighted by atomic mass is 16.1. The van der Waals surface area contributed by atoms with Crippen molar-refractivity contribution < 1.29 is 4.79 Å². The number of carbonyl (C=O) groups excluding carboxylic acids is 1. The first-order valence-corrected chi connectivity index (χ1v) is 7.63. The Labute approximate surface area is 145 Å². The number of benzene rings is 2. The number of hydrogen-bond donors (Lipinski definition) is 2. The zero-order chi connectivity index (χ0) is 17.6. The molecule has 0 atom stereocenters. The van der Waals surface area contributed by atoms with E-state index in [0.29, 0.717) is 11.4 Å². The van der Waals surface area contributed by atoms with Crippen molar-refractivity contribution in [1.82, 2.24) is 10.2 Å². The van der Waals surface area contributed by atoms with Crippen LogP contribution < -0.4 is 10.6 Å². The number of para-hydroxylation sites is 1. The molecule has 25 heavy (non-hydrogen) atoms. The smallest absolute Gasteiger partial charge is 0.276 e. The van der Waals surface area contributed by atoms with Gasteiger partial charge in [-0.3, -0.25) is 4.79 Å². The highest BCUT2D eigenvalue weighted by Gasteiger charge is 2.10. The first-order valence-electron chi connectivity index (χ1n) is 7.63. The van der Waals surface area contributed by atoms with E-state index in [2.05, 4.69) is 26.9 Å². The van der Waals surface area contributed by atoms with Crippen molar-refractivity contribution in [1.29, 1.82) is 5.26 Å². The number of rotatable bonds is 4. The number of nitrogens with one attached hydrogen (secondary N) is 2. The first kappa shape index (κ1) is 16.1. The molecule has 0 bridgehead atoms. The first-order chi connectivity index (χ1) is 12.2. The van der Waals surface area contributed by atoms with Crippen LogP contribution in [0.3, 0.4) is 0 Å². The third kappa shape index (κ3) is 3.98. The van der Waals surface area contributed by atoms with Crippen LogP contribution in [0.25, 0.3) is 0 Å². The highest BCUT2D eigenvalue weighted by Crippen LogP contribution is 2.16. The lowest BCUT2D eigenvalue weighted by molar-refractivity contribution is 0.102. The lowest BCUT2D eigenvalue weighted by Gasteiger charge is -2.08. The van der Waals surface area contributed by atoms with E-state index < -0.39 is 0 Å². The van der Waals surface area contributed by atoms with Gasteiger partial charge in [0.15, 0.2) is 11.5 Å². The van der Waals surface area contributed by atoms with Gasteiger partial charge >= 0.3 is 0 Å². The predicted octanol–water partition coefficient (Wildman–Crippen LogP) is 3.65. The standard InChI is InChI=1S/C19H15N5O/c1-13-4-2-3-5-16(13)22-19(25)17-10-11-18(24-23-17)21-15-8-6-14(12-20)7-9-15/h2-11H,1H3,(H,21,24)(H,22,25). The number of aromatic nitrogens is 2. The van der Waals surface area contributed by atoms with Crippen LogP contribution in [-0.4, -0.2) is 16.1 Å². The topological polar surface area (TPSA) is 90.7 Å². The molecule has 1 heterocycles. The zero-order valence-corrected chi connectivity index (χ0v) is 13.5. The van der Waals surface area contributed by atoms with Gasteiger partial charge in [-0.05, 0) is 55.0 Å². The Bertz CT molecular complexity index is 927. The van der Waals surface area contributed by atoms with Crippen molar-refractivity contribution in [2.24, 2.45) is 0 Å². The molecule has 1 aromatic heterocycles. The summed E-state index contributed by atoms with van der Waals surface area (Å²) in [5.41, 5.74) is 3.32. The number of anilines is 3. The maximum Gasteiger partial charge on any atom is 0.276 e. The largest absolute Gasteiger partial charge is 0.339 e. The van der Waals surface area contributed by atoms with Crippen LogP contribution in [0.1, 0.15) is 21.6 Å². The number of nitrogens with zero attached hydrogens (tertiary/aromatic N) is 3. The van der Waals surface area contributed by atoms with Crippen LogP contribution in [0.2, 0.25) is 0 Å². The summed E-state index contributed by atoms with van der Waals surface area (Å²) < 4.78 is 0. The number of hydrogen-bond acceptors (Lipinski definition) is 5. The fourth-order valence-electron chi connectivity index (χ4n) is 2.20. The summed E-state index contributed by atoms with van der Waals surface area (Å²) in [6.07, 6.45) is 0. The van der Waals surface area contributed by atoms with Gasteiger partial charge in [0.2, 0.25) is 0 Å². The van der Waals surface area contributed by atoms with Gasteiger partial charge in [0, 0.05) is 11.4 Å². The molecule has 6 nitrogen and oxygen atoms in total. The maximum atomic E-state index is 12.2. The van der Waals surface area contributed by atoms with E-state index in [9.17, 15) is 4.79 Å². The molecule has 0 radical (unpaired) electrons. The number of carbonyl (C=O) groups is 1. The van der Waals surface area contributed by atoms with Gasteiger partial charge in [0.25, 0.3) is 5.91 Å². The van der Waals surface area contributed by atoms with Crippen molar-refractivity contribution in [3.8, 4) is 6.07 Å². The summed E-state index contributed by atoms with van der Waals surface area (Å²) in [5, 5.41) is 22.6. The summed E-state index contributed by atoms with van der Waals surface area (Å²) in [6, 6.07) is 19.8. The molecular weight excluding hydrogens is 314 g/mol. The minimum absolute atomic E-state index is 0.230. The van der Waals surface area contributed by atoms with E-state index >= 15 is 0 Å². The predicted molar refractivity (Wildman–Crippen MR) is 95.6 cm³/mol. The molecule has 0 saturated carbocycles. The van der Waals surface area contributed by atoms with Gasteiger partial charge < -0.3 is 10.6 Å². The molecule has 0 aliphatic rings. The molecule has 2 aromatic carbocycles. The second-order valence-electron chi connectivity index (χ2n) is 5.39.